The molecule has 0 bridgehead atoms. The predicted molar refractivity (Wildman–Crippen MR) is 85.9 cm³/mol. The lowest BCUT2D eigenvalue weighted by Gasteiger charge is -2.07. The number of carbonyl (C=O) groups is 1. The highest BCUT2D eigenvalue weighted by atomic mass is 32.1. The summed E-state index contributed by atoms with van der Waals surface area (Å²) in [5.41, 5.74) is 2.92. The maximum absolute atomic E-state index is 11.0. The highest BCUT2D eigenvalue weighted by Crippen LogP contribution is 2.30. The van der Waals surface area contributed by atoms with Crippen molar-refractivity contribution >= 4 is 17.6 Å². The Morgan fingerprint density at radius 1 is 0.952 bits per heavy atom. The summed E-state index contributed by atoms with van der Waals surface area (Å²) in [6.45, 7) is 0.554. The first-order chi connectivity index (χ1) is 10.4. The van der Waals surface area contributed by atoms with Crippen molar-refractivity contribution in [3.8, 4) is 16.2 Å². The third-order valence-corrected chi connectivity index (χ3v) is 4.17. The highest BCUT2D eigenvalue weighted by molar-refractivity contribution is 7.14. The van der Waals surface area contributed by atoms with Gasteiger partial charge >= 0.3 is 0 Å². The van der Waals surface area contributed by atoms with E-state index in [1.54, 1.807) is 11.3 Å². The first kappa shape index (κ1) is 13.6. The van der Waals surface area contributed by atoms with Gasteiger partial charge in [0.25, 0.3) is 0 Å². The molecule has 1 aromatic heterocycles. The van der Waals surface area contributed by atoms with Crippen molar-refractivity contribution in [1.82, 2.24) is 0 Å². The normalized spacial score (nSPS) is 10.3. The van der Waals surface area contributed by atoms with Crippen LogP contribution in [0, 0.1) is 0 Å². The summed E-state index contributed by atoms with van der Waals surface area (Å²) in [5, 5.41) is 1.93. The Balaban J connectivity index is 1.71. The van der Waals surface area contributed by atoms with Crippen LogP contribution in [0.1, 0.15) is 15.9 Å². The lowest BCUT2D eigenvalue weighted by Crippen LogP contribution is -1.94. The molecular formula is C18H14O2S. The van der Waals surface area contributed by atoms with Crippen LogP contribution in [0.15, 0.2) is 66.0 Å². The van der Waals surface area contributed by atoms with Crippen molar-refractivity contribution in [1.29, 1.82) is 0 Å². The molecule has 0 fully saturated rings. The number of aldehydes is 1. The van der Waals surface area contributed by atoms with Gasteiger partial charge in [0.1, 0.15) is 12.4 Å². The van der Waals surface area contributed by atoms with Gasteiger partial charge in [-0.25, -0.2) is 0 Å². The van der Waals surface area contributed by atoms with E-state index >= 15 is 0 Å². The summed E-state index contributed by atoms with van der Waals surface area (Å²) < 4.78 is 5.75. The molecule has 0 aliphatic rings. The molecule has 0 aliphatic carbocycles. The lowest BCUT2D eigenvalue weighted by molar-refractivity contribution is 0.112. The summed E-state index contributed by atoms with van der Waals surface area (Å²) in [5.74, 6) is 0.826. The average Bonchev–Trinajstić information content (AvgIpc) is 3.03. The summed E-state index contributed by atoms with van der Waals surface area (Å²) in [7, 11) is 0. The fourth-order valence-electron chi connectivity index (χ4n) is 2.09. The van der Waals surface area contributed by atoms with Gasteiger partial charge in [0.05, 0.1) is 0 Å². The SMILES string of the molecule is O=Cc1ccsc1-c1ccc(OCc2ccccc2)cc1. The smallest absolute Gasteiger partial charge is 0.151 e. The maximum Gasteiger partial charge on any atom is 0.151 e. The Bertz CT molecular complexity index is 714. The molecule has 0 atom stereocenters. The first-order valence-corrected chi connectivity index (χ1v) is 7.54. The van der Waals surface area contributed by atoms with Gasteiger partial charge in [-0.05, 0) is 46.8 Å². The fourth-order valence-corrected chi connectivity index (χ4v) is 2.97. The molecule has 3 aromatic rings. The molecular weight excluding hydrogens is 280 g/mol. The minimum Gasteiger partial charge on any atom is -0.489 e. The van der Waals surface area contributed by atoms with Crippen molar-refractivity contribution in [3.63, 3.8) is 0 Å². The summed E-state index contributed by atoms with van der Waals surface area (Å²) in [6, 6.07) is 19.8. The second-order valence-electron chi connectivity index (χ2n) is 4.62. The molecule has 0 saturated heterocycles. The van der Waals surface area contributed by atoms with E-state index in [1.807, 2.05) is 66.0 Å². The molecule has 0 spiro atoms. The van der Waals surface area contributed by atoms with E-state index in [0.717, 1.165) is 33.6 Å². The van der Waals surface area contributed by atoms with E-state index in [4.69, 9.17) is 4.74 Å². The first-order valence-electron chi connectivity index (χ1n) is 6.66. The molecule has 0 radical (unpaired) electrons. The van der Waals surface area contributed by atoms with Gasteiger partial charge in [0, 0.05) is 10.4 Å². The number of hydrogen-bond acceptors (Lipinski definition) is 3. The van der Waals surface area contributed by atoms with Crippen LogP contribution < -0.4 is 4.74 Å². The standard InChI is InChI=1S/C18H14O2S/c19-12-16-10-11-21-18(16)15-6-8-17(9-7-15)20-13-14-4-2-1-3-5-14/h1-12H,13H2. The van der Waals surface area contributed by atoms with Crippen LogP contribution in [-0.2, 0) is 6.61 Å². The van der Waals surface area contributed by atoms with Crippen LogP contribution >= 0.6 is 11.3 Å². The largest absolute Gasteiger partial charge is 0.489 e. The van der Waals surface area contributed by atoms with Gasteiger partial charge in [-0.2, -0.15) is 0 Å². The Labute approximate surface area is 127 Å². The van der Waals surface area contributed by atoms with Crippen molar-refractivity contribution < 1.29 is 9.53 Å². The van der Waals surface area contributed by atoms with Crippen LogP contribution in [0.5, 0.6) is 5.75 Å². The Hall–Kier alpha value is -2.39. The summed E-state index contributed by atoms with van der Waals surface area (Å²) >= 11 is 1.57. The highest BCUT2D eigenvalue weighted by Gasteiger charge is 2.06. The molecule has 1 heterocycles. The van der Waals surface area contributed by atoms with Crippen LogP contribution in [0.3, 0.4) is 0 Å². The van der Waals surface area contributed by atoms with Crippen LogP contribution in [0.2, 0.25) is 0 Å². The molecule has 0 unspecified atom stereocenters. The van der Waals surface area contributed by atoms with E-state index in [9.17, 15) is 4.79 Å². The predicted octanol–water partition coefficient (Wildman–Crippen LogP) is 4.81. The van der Waals surface area contributed by atoms with Crippen molar-refractivity contribution in [2.75, 3.05) is 0 Å². The van der Waals surface area contributed by atoms with E-state index in [-0.39, 0.29) is 0 Å². The second-order valence-corrected chi connectivity index (χ2v) is 5.54. The third kappa shape index (κ3) is 3.20. The van der Waals surface area contributed by atoms with E-state index < -0.39 is 0 Å². The zero-order valence-corrected chi connectivity index (χ0v) is 12.2. The zero-order valence-electron chi connectivity index (χ0n) is 11.4. The van der Waals surface area contributed by atoms with E-state index in [2.05, 4.69) is 0 Å². The third-order valence-electron chi connectivity index (χ3n) is 3.19. The number of hydrogen-bond donors (Lipinski definition) is 0. The van der Waals surface area contributed by atoms with Crippen molar-refractivity contribution in [2.45, 2.75) is 6.61 Å². The van der Waals surface area contributed by atoms with E-state index in [1.165, 1.54) is 0 Å². The maximum atomic E-state index is 11.0. The van der Waals surface area contributed by atoms with Gasteiger partial charge in [-0.3, -0.25) is 4.79 Å². The molecule has 104 valence electrons. The molecule has 3 heteroatoms. The molecule has 21 heavy (non-hydrogen) atoms. The number of carbonyl (C=O) groups excluding carboxylic acids is 1. The topological polar surface area (TPSA) is 26.3 Å². The molecule has 0 N–H and O–H groups in total. The summed E-state index contributed by atoms with van der Waals surface area (Å²) in [6.07, 6.45) is 0.894. The molecule has 3 rings (SSSR count). The fraction of sp³-hybridized carbons (Fsp3) is 0.0556. The summed E-state index contributed by atoms with van der Waals surface area (Å²) in [4.78, 5) is 12.0. The minimum absolute atomic E-state index is 0.554. The Morgan fingerprint density at radius 3 is 2.43 bits per heavy atom. The number of rotatable bonds is 5. The number of thiophene rings is 1. The molecule has 0 saturated carbocycles. The Kier molecular flexibility index (Phi) is 4.12. The minimum atomic E-state index is 0.554. The monoisotopic (exact) mass is 294 g/mol. The van der Waals surface area contributed by atoms with Gasteiger partial charge < -0.3 is 4.74 Å². The molecule has 2 aromatic carbocycles. The van der Waals surface area contributed by atoms with Gasteiger partial charge in [-0.15, -0.1) is 11.3 Å². The lowest BCUT2D eigenvalue weighted by atomic mass is 10.1. The average molecular weight is 294 g/mol. The van der Waals surface area contributed by atoms with Crippen LogP contribution in [0.25, 0.3) is 10.4 Å². The molecule has 0 amide bonds. The van der Waals surface area contributed by atoms with Crippen molar-refractivity contribution in [3.05, 3.63) is 77.2 Å². The Morgan fingerprint density at radius 2 is 1.71 bits per heavy atom. The van der Waals surface area contributed by atoms with Gasteiger partial charge in [0.2, 0.25) is 0 Å². The van der Waals surface area contributed by atoms with Crippen molar-refractivity contribution in [2.24, 2.45) is 0 Å². The quantitative estimate of drug-likeness (QED) is 0.631. The zero-order chi connectivity index (χ0) is 14.5. The second kappa shape index (κ2) is 6.37. The molecule has 2 nitrogen and oxygen atoms in total. The molecule has 0 aliphatic heterocycles. The van der Waals surface area contributed by atoms with Gasteiger partial charge in [0.15, 0.2) is 6.29 Å². The van der Waals surface area contributed by atoms with Gasteiger partial charge in [-0.1, -0.05) is 30.3 Å². The number of benzene rings is 2. The van der Waals surface area contributed by atoms with E-state index in [0.29, 0.717) is 6.61 Å². The number of ether oxygens (including phenoxy) is 1. The van der Waals surface area contributed by atoms with Crippen LogP contribution in [-0.4, -0.2) is 6.29 Å². The van der Waals surface area contributed by atoms with Crippen LogP contribution in [0.4, 0.5) is 0 Å².